The predicted octanol–water partition coefficient (Wildman–Crippen LogP) is 3.75. The third kappa shape index (κ3) is 5.09. The van der Waals surface area contributed by atoms with E-state index < -0.39 is 47.3 Å². The number of benzene rings is 3. The zero-order valence-corrected chi connectivity index (χ0v) is 20.9. The van der Waals surface area contributed by atoms with Crippen LogP contribution in [0.15, 0.2) is 66.7 Å². The second-order valence-electron chi connectivity index (χ2n) is 9.46. The molecule has 1 atom stereocenters. The van der Waals surface area contributed by atoms with Gasteiger partial charge in [-0.15, -0.1) is 0 Å². The number of carbonyl (C=O) groups is 5. The van der Waals surface area contributed by atoms with Crippen molar-refractivity contribution in [3.63, 3.8) is 0 Å². The van der Waals surface area contributed by atoms with Gasteiger partial charge in [0.1, 0.15) is 6.04 Å². The molecule has 1 unspecified atom stereocenters. The molecule has 3 aromatic carbocycles. The molecule has 0 radical (unpaired) electrons. The van der Waals surface area contributed by atoms with E-state index in [1.807, 2.05) is 0 Å². The van der Waals surface area contributed by atoms with Gasteiger partial charge in [-0.1, -0.05) is 42.5 Å². The van der Waals surface area contributed by atoms with Crippen LogP contribution in [0.25, 0.3) is 11.1 Å². The standard InChI is InChI=1S/C29H22F3N3O5/c30-29(31,32)19-4-1-3-18(15-19)25(37)33-14-13-16-7-9-17(10-8-16)20-5-2-6-21-24(20)28(40)35(27(21)39)22-11-12-23(36)34-26(22)38/h1-10,15,22H,11-14H2,(H,33,37)(H,34,36,38). The molecule has 0 spiro atoms. The summed E-state index contributed by atoms with van der Waals surface area (Å²) in [5.41, 5.74) is 1.35. The van der Waals surface area contributed by atoms with Crippen molar-refractivity contribution in [1.29, 1.82) is 0 Å². The Balaban J connectivity index is 1.27. The highest BCUT2D eigenvalue weighted by atomic mass is 19.4. The van der Waals surface area contributed by atoms with Gasteiger partial charge in [-0.05, 0) is 53.8 Å². The van der Waals surface area contributed by atoms with Gasteiger partial charge in [0.15, 0.2) is 0 Å². The molecule has 40 heavy (non-hydrogen) atoms. The van der Waals surface area contributed by atoms with Gasteiger partial charge in [0.25, 0.3) is 17.7 Å². The Bertz CT molecular complexity index is 1550. The van der Waals surface area contributed by atoms with E-state index in [2.05, 4.69) is 10.6 Å². The van der Waals surface area contributed by atoms with Crippen LogP contribution in [0.1, 0.15) is 55.0 Å². The van der Waals surface area contributed by atoms with E-state index in [9.17, 15) is 37.1 Å². The topological polar surface area (TPSA) is 113 Å². The first-order valence-corrected chi connectivity index (χ1v) is 12.4. The van der Waals surface area contributed by atoms with Gasteiger partial charge in [0.2, 0.25) is 11.8 Å². The average molecular weight is 550 g/mol. The number of nitrogens with one attached hydrogen (secondary N) is 2. The zero-order chi connectivity index (χ0) is 28.6. The maximum atomic E-state index is 13.3. The molecule has 204 valence electrons. The highest BCUT2D eigenvalue weighted by molar-refractivity contribution is 6.25. The number of amides is 5. The number of carbonyl (C=O) groups excluding carboxylic acids is 5. The first kappa shape index (κ1) is 26.8. The Kier molecular flexibility index (Phi) is 6.97. The van der Waals surface area contributed by atoms with Crippen LogP contribution < -0.4 is 10.6 Å². The summed E-state index contributed by atoms with van der Waals surface area (Å²) >= 11 is 0. The van der Waals surface area contributed by atoms with Crippen molar-refractivity contribution < 1.29 is 37.1 Å². The molecule has 5 amide bonds. The Hall–Kier alpha value is -4.80. The number of alkyl halides is 3. The number of piperidine rings is 1. The SMILES string of the molecule is O=C1CCC(N2C(=O)c3cccc(-c4ccc(CCNC(=O)c5cccc(C(F)(F)F)c5)cc4)c3C2=O)C(=O)N1. The fourth-order valence-corrected chi connectivity index (χ4v) is 4.87. The maximum Gasteiger partial charge on any atom is 0.416 e. The Morgan fingerprint density at radius 3 is 2.33 bits per heavy atom. The van der Waals surface area contributed by atoms with Gasteiger partial charge < -0.3 is 5.32 Å². The molecule has 2 N–H and O–H groups in total. The Morgan fingerprint density at radius 2 is 1.62 bits per heavy atom. The van der Waals surface area contributed by atoms with Crippen LogP contribution in [0.3, 0.4) is 0 Å². The fourth-order valence-electron chi connectivity index (χ4n) is 4.87. The van der Waals surface area contributed by atoms with Gasteiger partial charge in [-0.2, -0.15) is 13.2 Å². The highest BCUT2D eigenvalue weighted by Crippen LogP contribution is 2.35. The molecule has 0 aromatic heterocycles. The summed E-state index contributed by atoms with van der Waals surface area (Å²) in [5.74, 6) is -2.95. The zero-order valence-electron chi connectivity index (χ0n) is 20.9. The summed E-state index contributed by atoms with van der Waals surface area (Å²) in [6, 6.07) is 15.1. The molecule has 2 aliphatic rings. The minimum absolute atomic E-state index is 0.0263. The second kappa shape index (κ2) is 10.4. The van der Waals surface area contributed by atoms with E-state index in [4.69, 9.17) is 0 Å². The quantitative estimate of drug-likeness (QED) is 0.455. The largest absolute Gasteiger partial charge is 0.416 e. The maximum absolute atomic E-state index is 13.3. The van der Waals surface area contributed by atoms with E-state index >= 15 is 0 Å². The van der Waals surface area contributed by atoms with Gasteiger partial charge in [0, 0.05) is 18.5 Å². The molecule has 1 saturated heterocycles. The normalized spacial score (nSPS) is 17.1. The van der Waals surface area contributed by atoms with Crippen LogP contribution in [0.2, 0.25) is 0 Å². The molecule has 2 aliphatic heterocycles. The van der Waals surface area contributed by atoms with Gasteiger partial charge in [-0.25, -0.2) is 0 Å². The van der Waals surface area contributed by atoms with Crippen LogP contribution in [0.5, 0.6) is 0 Å². The van der Waals surface area contributed by atoms with Crippen molar-refractivity contribution in [1.82, 2.24) is 15.5 Å². The lowest BCUT2D eigenvalue weighted by molar-refractivity contribution is -0.138. The molecule has 1 fully saturated rings. The third-order valence-electron chi connectivity index (χ3n) is 6.88. The molecule has 3 aromatic rings. The van der Waals surface area contributed by atoms with Crippen molar-refractivity contribution in [2.45, 2.75) is 31.5 Å². The molecule has 11 heteroatoms. The van der Waals surface area contributed by atoms with E-state index in [0.29, 0.717) is 17.5 Å². The van der Waals surface area contributed by atoms with E-state index in [0.717, 1.165) is 22.6 Å². The van der Waals surface area contributed by atoms with Crippen LogP contribution in [-0.2, 0) is 22.2 Å². The molecule has 5 rings (SSSR count). The number of rotatable bonds is 6. The number of imide groups is 2. The average Bonchev–Trinajstić information content (AvgIpc) is 3.18. The molecule has 0 aliphatic carbocycles. The van der Waals surface area contributed by atoms with Crippen molar-refractivity contribution in [3.8, 4) is 11.1 Å². The van der Waals surface area contributed by atoms with Gasteiger partial charge >= 0.3 is 6.18 Å². The lowest BCUT2D eigenvalue weighted by Gasteiger charge is -2.27. The minimum atomic E-state index is -4.54. The van der Waals surface area contributed by atoms with Gasteiger partial charge in [-0.3, -0.25) is 34.2 Å². The van der Waals surface area contributed by atoms with E-state index in [1.165, 1.54) is 18.2 Å². The van der Waals surface area contributed by atoms with E-state index in [1.54, 1.807) is 36.4 Å². The molecular formula is C29H22F3N3O5. The predicted molar refractivity (Wildman–Crippen MR) is 136 cm³/mol. The molecule has 8 nitrogen and oxygen atoms in total. The van der Waals surface area contributed by atoms with Crippen LogP contribution in [-0.4, -0.2) is 47.0 Å². The van der Waals surface area contributed by atoms with Crippen molar-refractivity contribution in [2.24, 2.45) is 0 Å². The molecule has 0 bridgehead atoms. The number of halogens is 3. The number of fused-ring (bicyclic) bond motifs is 1. The molecule has 0 saturated carbocycles. The van der Waals surface area contributed by atoms with Crippen molar-refractivity contribution in [3.05, 3.63) is 94.5 Å². The summed E-state index contributed by atoms with van der Waals surface area (Å²) in [5, 5.41) is 4.78. The van der Waals surface area contributed by atoms with Crippen molar-refractivity contribution in [2.75, 3.05) is 6.54 Å². The fraction of sp³-hybridized carbons (Fsp3) is 0.207. The van der Waals surface area contributed by atoms with Crippen LogP contribution >= 0.6 is 0 Å². The Labute approximate surface area is 226 Å². The summed E-state index contributed by atoms with van der Waals surface area (Å²) in [4.78, 5) is 63.5. The summed E-state index contributed by atoms with van der Waals surface area (Å²) in [6.07, 6.45) is -4.06. The van der Waals surface area contributed by atoms with E-state index in [-0.39, 0.29) is 36.1 Å². The van der Waals surface area contributed by atoms with Gasteiger partial charge in [0.05, 0.1) is 16.7 Å². The first-order valence-electron chi connectivity index (χ1n) is 12.4. The summed E-state index contributed by atoms with van der Waals surface area (Å²) in [6.45, 7) is 0.184. The number of nitrogens with zero attached hydrogens (tertiary/aromatic N) is 1. The highest BCUT2D eigenvalue weighted by Gasteiger charge is 2.45. The van der Waals surface area contributed by atoms with Crippen molar-refractivity contribution >= 4 is 29.5 Å². The molecule has 2 heterocycles. The second-order valence-corrected chi connectivity index (χ2v) is 9.46. The summed E-state index contributed by atoms with van der Waals surface area (Å²) < 4.78 is 38.7. The Morgan fingerprint density at radius 1 is 0.925 bits per heavy atom. The smallest absolute Gasteiger partial charge is 0.352 e. The number of hydrogen-bond acceptors (Lipinski definition) is 5. The molecular weight excluding hydrogens is 527 g/mol. The number of hydrogen-bond donors (Lipinski definition) is 2. The monoisotopic (exact) mass is 549 g/mol. The third-order valence-corrected chi connectivity index (χ3v) is 6.88. The lowest BCUT2D eigenvalue weighted by atomic mass is 9.95. The van der Waals surface area contributed by atoms with Crippen LogP contribution in [0, 0.1) is 0 Å². The minimum Gasteiger partial charge on any atom is -0.352 e. The van der Waals surface area contributed by atoms with Crippen LogP contribution in [0.4, 0.5) is 13.2 Å². The summed E-state index contributed by atoms with van der Waals surface area (Å²) in [7, 11) is 0. The first-order chi connectivity index (χ1) is 19.0. The lowest BCUT2D eigenvalue weighted by Crippen LogP contribution is -2.54.